The van der Waals surface area contributed by atoms with Crippen LogP contribution < -0.4 is 5.32 Å². The summed E-state index contributed by atoms with van der Waals surface area (Å²) in [4.78, 5) is 11.2. The molecule has 2 aliphatic rings. The van der Waals surface area contributed by atoms with Crippen molar-refractivity contribution < 1.29 is 13.2 Å². The van der Waals surface area contributed by atoms with Gasteiger partial charge >= 0.3 is 6.18 Å². The van der Waals surface area contributed by atoms with E-state index in [9.17, 15) is 13.2 Å². The van der Waals surface area contributed by atoms with Gasteiger partial charge in [0.2, 0.25) is 0 Å². The van der Waals surface area contributed by atoms with Crippen LogP contribution in [0.5, 0.6) is 0 Å². The van der Waals surface area contributed by atoms with Crippen LogP contribution in [0.3, 0.4) is 0 Å². The average molecular weight is 446 g/mol. The number of piperazine rings is 1. The number of hydrogen-bond donors (Lipinski definition) is 1. The summed E-state index contributed by atoms with van der Waals surface area (Å²) in [5.74, 6) is 1.02. The molecule has 3 aromatic rings. The lowest BCUT2D eigenvalue weighted by Crippen LogP contribution is -2.44. The molecular formula is C24H30F3N5. The minimum absolute atomic E-state index is 0.0106. The van der Waals surface area contributed by atoms with Crippen molar-refractivity contribution in [2.45, 2.75) is 57.7 Å². The Morgan fingerprint density at radius 2 is 1.75 bits per heavy atom. The average Bonchev–Trinajstić information content (AvgIpc) is 3.18. The quantitative estimate of drug-likeness (QED) is 0.623. The van der Waals surface area contributed by atoms with Crippen LogP contribution in [0.15, 0.2) is 18.2 Å². The molecule has 0 amide bonds. The number of aromatic nitrogens is 3. The highest BCUT2D eigenvalue weighted by molar-refractivity contribution is 6.04. The van der Waals surface area contributed by atoms with Crippen LogP contribution in [0.2, 0.25) is 0 Å². The number of fused-ring (bicyclic) bond motifs is 3. The van der Waals surface area contributed by atoms with Gasteiger partial charge in [-0.1, -0.05) is 37.5 Å². The highest BCUT2D eigenvalue weighted by Crippen LogP contribution is 2.40. The molecule has 5 rings (SSSR count). The zero-order chi connectivity index (χ0) is 22.3. The van der Waals surface area contributed by atoms with Crippen LogP contribution in [-0.4, -0.2) is 52.2 Å². The van der Waals surface area contributed by atoms with Crippen molar-refractivity contribution in [1.29, 1.82) is 0 Å². The molecule has 1 N–H and O–H groups in total. The lowest BCUT2D eigenvalue weighted by Gasteiger charge is -2.28. The van der Waals surface area contributed by atoms with Crippen LogP contribution in [0.25, 0.3) is 21.9 Å². The maximum atomic E-state index is 14.1. The second kappa shape index (κ2) is 8.63. The predicted molar refractivity (Wildman–Crippen MR) is 120 cm³/mol. The summed E-state index contributed by atoms with van der Waals surface area (Å²) in [6.45, 7) is 7.09. The van der Waals surface area contributed by atoms with E-state index in [-0.39, 0.29) is 11.4 Å². The molecular weight excluding hydrogens is 415 g/mol. The van der Waals surface area contributed by atoms with Gasteiger partial charge in [0, 0.05) is 50.6 Å². The van der Waals surface area contributed by atoms with Gasteiger partial charge in [-0.15, -0.1) is 0 Å². The first kappa shape index (κ1) is 21.6. The maximum absolute atomic E-state index is 14.1. The van der Waals surface area contributed by atoms with Crippen LogP contribution >= 0.6 is 0 Å². The summed E-state index contributed by atoms with van der Waals surface area (Å²) in [7, 11) is 0. The van der Waals surface area contributed by atoms with Gasteiger partial charge in [-0.25, -0.2) is 9.97 Å². The zero-order valence-corrected chi connectivity index (χ0v) is 18.5. The zero-order valence-electron chi connectivity index (χ0n) is 18.5. The molecule has 1 aliphatic carbocycles. The van der Waals surface area contributed by atoms with E-state index in [4.69, 9.17) is 4.98 Å². The monoisotopic (exact) mass is 445 g/mol. The second-order valence-electron chi connectivity index (χ2n) is 9.17. The molecule has 0 atom stereocenters. The lowest BCUT2D eigenvalue weighted by molar-refractivity contribution is -0.139. The van der Waals surface area contributed by atoms with Crippen molar-refractivity contribution >= 4 is 21.9 Å². The Morgan fingerprint density at radius 3 is 2.47 bits per heavy atom. The van der Waals surface area contributed by atoms with Crippen LogP contribution in [0, 0.1) is 6.92 Å². The summed E-state index contributed by atoms with van der Waals surface area (Å²) >= 11 is 0. The normalized spacial score (nSPS) is 19.2. The van der Waals surface area contributed by atoms with E-state index in [0.29, 0.717) is 17.6 Å². The Labute approximate surface area is 186 Å². The van der Waals surface area contributed by atoms with E-state index in [1.807, 2.05) is 25.1 Å². The van der Waals surface area contributed by atoms with Crippen molar-refractivity contribution in [1.82, 2.24) is 24.8 Å². The van der Waals surface area contributed by atoms with Gasteiger partial charge in [0.25, 0.3) is 0 Å². The van der Waals surface area contributed by atoms with E-state index in [1.165, 1.54) is 6.42 Å². The summed E-state index contributed by atoms with van der Waals surface area (Å²) in [6.07, 6.45) is 0.836. The van der Waals surface area contributed by atoms with Gasteiger partial charge in [0.05, 0.1) is 11.0 Å². The van der Waals surface area contributed by atoms with Gasteiger partial charge in [-0.3, -0.25) is 4.90 Å². The van der Waals surface area contributed by atoms with Gasteiger partial charge in [-0.05, 0) is 25.3 Å². The first-order chi connectivity index (χ1) is 15.4. The second-order valence-corrected chi connectivity index (χ2v) is 9.17. The highest BCUT2D eigenvalue weighted by Gasteiger charge is 2.38. The topological polar surface area (TPSA) is 46.0 Å². The molecule has 0 bridgehead atoms. The number of aryl methyl sites for hydroxylation is 1. The van der Waals surface area contributed by atoms with E-state index < -0.39 is 11.9 Å². The van der Waals surface area contributed by atoms with E-state index in [1.54, 1.807) is 0 Å². The number of benzene rings is 1. The van der Waals surface area contributed by atoms with Crippen molar-refractivity contribution in [2.24, 2.45) is 0 Å². The molecule has 32 heavy (non-hydrogen) atoms. The van der Waals surface area contributed by atoms with Crippen molar-refractivity contribution in [3.05, 3.63) is 35.3 Å². The summed E-state index contributed by atoms with van der Waals surface area (Å²) in [6, 6.07) is 5.62. The first-order valence-electron chi connectivity index (χ1n) is 11.7. The van der Waals surface area contributed by atoms with Gasteiger partial charge in [-0.2, -0.15) is 13.2 Å². The lowest BCUT2D eigenvalue weighted by atomic mass is 9.88. The van der Waals surface area contributed by atoms with Crippen molar-refractivity contribution in [2.75, 3.05) is 32.7 Å². The van der Waals surface area contributed by atoms with Gasteiger partial charge < -0.3 is 9.88 Å². The Balaban J connectivity index is 1.71. The van der Waals surface area contributed by atoms with E-state index in [0.717, 1.165) is 75.2 Å². The number of halogens is 3. The molecule has 0 radical (unpaired) electrons. The molecule has 1 aromatic carbocycles. The molecule has 5 nitrogen and oxygen atoms in total. The molecule has 3 heterocycles. The number of nitrogens with zero attached hydrogens (tertiary/aromatic N) is 4. The molecule has 1 saturated carbocycles. The largest absolute Gasteiger partial charge is 0.435 e. The number of para-hydroxylation sites is 1. The van der Waals surface area contributed by atoms with E-state index in [2.05, 4.69) is 19.8 Å². The fourth-order valence-corrected chi connectivity index (χ4v) is 5.34. The SMILES string of the molecule is Cc1cccc2c1nc(C(F)(F)F)c1nc(C3CCCCC3)n(CCN3CCNCC3)c12. The molecule has 0 spiro atoms. The van der Waals surface area contributed by atoms with Gasteiger partial charge in [0.1, 0.15) is 11.3 Å². The Bertz CT molecular complexity index is 1110. The van der Waals surface area contributed by atoms with Crippen LogP contribution in [0.4, 0.5) is 13.2 Å². The Kier molecular flexibility index (Phi) is 5.84. The molecule has 1 saturated heterocycles. The first-order valence-corrected chi connectivity index (χ1v) is 11.7. The Hall–Kier alpha value is -2.19. The molecule has 2 fully saturated rings. The number of rotatable bonds is 4. The third-order valence-corrected chi connectivity index (χ3v) is 7.03. The minimum atomic E-state index is -4.55. The molecule has 2 aromatic heterocycles. The van der Waals surface area contributed by atoms with Crippen LogP contribution in [-0.2, 0) is 12.7 Å². The number of pyridine rings is 1. The molecule has 172 valence electrons. The standard InChI is InChI=1S/C24H30F3N5/c1-16-6-5-9-18-19(16)29-22(24(25,26)27)20-21(18)32(15-14-31-12-10-28-11-13-31)23(30-20)17-7-3-2-4-8-17/h5-6,9,17,28H,2-4,7-8,10-15H2,1H3. The number of alkyl halides is 3. The summed E-state index contributed by atoms with van der Waals surface area (Å²) < 4.78 is 44.4. The number of nitrogens with one attached hydrogen (secondary N) is 1. The Morgan fingerprint density at radius 1 is 1.00 bits per heavy atom. The van der Waals surface area contributed by atoms with E-state index >= 15 is 0 Å². The van der Waals surface area contributed by atoms with Crippen molar-refractivity contribution in [3.8, 4) is 0 Å². The smallest absolute Gasteiger partial charge is 0.326 e. The van der Waals surface area contributed by atoms with Crippen LogP contribution in [0.1, 0.15) is 55.1 Å². The molecule has 0 unspecified atom stereocenters. The maximum Gasteiger partial charge on any atom is 0.435 e. The highest BCUT2D eigenvalue weighted by atomic mass is 19.4. The van der Waals surface area contributed by atoms with Crippen molar-refractivity contribution in [3.63, 3.8) is 0 Å². The molecule has 1 aliphatic heterocycles. The molecule has 8 heteroatoms. The predicted octanol–water partition coefficient (Wildman–Crippen LogP) is 4.86. The third-order valence-electron chi connectivity index (χ3n) is 7.03. The van der Waals surface area contributed by atoms with Gasteiger partial charge in [0.15, 0.2) is 5.69 Å². The minimum Gasteiger partial charge on any atom is -0.326 e. The third kappa shape index (κ3) is 3.99. The fraction of sp³-hybridized carbons (Fsp3) is 0.583. The number of imidazole rings is 1. The fourth-order valence-electron chi connectivity index (χ4n) is 5.34. The summed E-state index contributed by atoms with van der Waals surface area (Å²) in [5.41, 5.74) is 0.931. The summed E-state index contributed by atoms with van der Waals surface area (Å²) in [5, 5.41) is 4.13. The number of hydrogen-bond acceptors (Lipinski definition) is 4.